The van der Waals surface area contributed by atoms with Gasteiger partial charge in [0, 0.05) is 29.3 Å². The lowest BCUT2D eigenvalue weighted by molar-refractivity contribution is -0.928. The molecule has 3 heteroatoms. The number of nitrogens with one attached hydrogen (secondary N) is 2. The van der Waals surface area contributed by atoms with Crippen molar-refractivity contribution in [2.75, 3.05) is 6.54 Å². The summed E-state index contributed by atoms with van der Waals surface area (Å²) in [5.41, 5.74) is 6.40. The van der Waals surface area contributed by atoms with E-state index in [0.29, 0.717) is 16.9 Å². The lowest BCUT2D eigenvalue weighted by atomic mass is 9.65. The van der Waals surface area contributed by atoms with Gasteiger partial charge in [-0.25, -0.2) is 0 Å². The number of quaternary nitrogens is 1. The van der Waals surface area contributed by atoms with E-state index in [2.05, 4.69) is 58.7 Å². The lowest BCUT2D eigenvalue weighted by Crippen LogP contribution is -3.12. The molecule has 1 aliphatic heterocycles. The van der Waals surface area contributed by atoms with Crippen LogP contribution in [0.3, 0.4) is 0 Å². The largest absolute Gasteiger partial charge is 0.358 e. The van der Waals surface area contributed by atoms with Crippen LogP contribution >= 0.6 is 0 Å². The SMILES string of the molecule is Cc1[nH]c2c(C)ccc(C)c2c(=O)c1C[NH+]1C[C@@]2(C)C[C@H]1CC(C)(C)C2. The van der Waals surface area contributed by atoms with E-state index in [1.165, 1.54) is 25.8 Å². The van der Waals surface area contributed by atoms with Crippen LogP contribution in [0.4, 0.5) is 0 Å². The Labute approximate surface area is 156 Å². The van der Waals surface area contributed by atoms with Gasteiger partial charge in [0.2, 0.25) is 0 Å². The van der Waals surface area contributed by atoms with E-state index in [1.807, 2.05) is 0 Å². The molecule has 26 heavy (non-hydrogen) atoms. The molecule has 1 saturated heterocycles. The summed E-state index contributed by atoms with van der Waals surface area (Å²) >= 11 is 0. The molecule has 3 nitrogen and oxygen atoms in total. The van der Waals surface area contributed by atoms with Gasteiger partial charge in [-0.05, 0) is 43.7 Å². The second-order valence-electron chi connectivity index (χ2n) is 10.3. The Hall–Kier alpha value is -1.61. The fourth-order valence-electron chi connectivity index (χ4n) is 6.25. The van der Waals surface area contributed by atoms with Gasteiger partial charge in [-0.1, -0.05) is 32.9 Å². The van der Waals surface area contributed by atoms with Gasteiger partial charge in [-0.2, -0.15) is 0 Å². The van der Waals surface area contributed by atoms with Crippen molar-refractivity contribution < 1.29 is 4.90 Å². The Kier molecular flexibility index (Phi) is 3.89. The van der Waals surface area contributed by atoms with Crippen molar-refractivity contribution in [3.8, 4) is 0 Å². The fourth-order valence-corrected chi connectivity index (χ4v) is 6.25. The van der Waals surface area contributed by atoms with Gasteiger partial charge in [0.25, 0.3) is 0 Å². The number of likely N-dealkylation sites (tertiary alicyclic amines) is 1. The average molecular weight is 354 g/mol. The van der Waals surface area contributed by atoms with Gasteiger partial charge in [-0.15, -0.1) is 0 Å². The maximum atomic E-state index is 13.4. The molecule has 140 valence electrons. The summed E-state index contributed by atoms with van der Waals surface area (Å²) in [6, 6.07) is 4.87. The first-order valence-corrected chi connectivity index (χ1v) is 10.0. The van der Waals surface area contributed by atoms with Crippen molar-refractivity contribution in [1.29, 1.82) is 0 Å². The maximum Gasteiger partial charge on any atom is 0.198 e. The van der Waals surface area contributed by atoms with E-state index in [4.69, 9.17) is 0 Å². The van der Waals surface area contributed by atoms with E-state index in [0.717, 1.165) is 39.8 Å². The molecule has 1 unspecified atom stereocenters. The quantitative estimate of drug-likeness (QED) is 0.853. The number of aromatic amines is 1. The molecule has 1 saturated carbocycles. The molecule has 2 N–H and O–H groups in total. The molecule has 2 aliphatic rings. The van der Waals surface area contributed by atoms with Crippen molar-refractivity contribution in [2.24, 2.45) is 10.8 Å². The van der Waals surface area contributed by atoms with Crippen LogP contribution in [0.1, 0.15) is 62.4 Å². The maximum absolute atomic E-state index is 13.4. The van der Waals surface area contributed by atoms with Gasteiger partial charge >= 0.3 is 0 Å². The number of H-pyrrole nitrogens is 1. The molecule has 3 atom stereocenters. The minimum absolute atomic E-state index is 0.246. The van der Waals surface area contributed by atoms with Crippen LogP contribution in [0, 0.1) is 31.6 Å². The van der Waals surface area contributed by atoms with E-state index in [-0.39, 0.29) is 5.43 Å². The van der Waals surface area contributed by atoms with Gasteiger partial charge in [0.05, 0.1) is 23.7 Å². The molecule has 1 aromatic heterocycles. The highest BCUT2D eigenvalue weighted by Crippen LogP contribution is 2.47. The number of hydrogen-bond donors (Lipinski definition) is 2. The first-order chi connectivity index (χ1) is 12.1. The molecule has 2 heterocycles. The predicted molar refractivity (Wildman–Crippen MR) is 108 cm³/mol. The minimum atomic E-state index is 0.246. The summed E-state index contributed by atoms with van der Waals surface area (Å²) in [6.07, 6.45) is 3.90. The Morgan fingerprint density at radius 3 is 2.54 bits per heavy atom. The molecule has 1 aliphatic carbocycles. The molecule has 4 rings (SSSR count). The number of rotatable bonds is 2. The predicted octanol–water partition coefficient (Wildman–Crippen LogP) is 3.44. The van der Waals surface area contributed by atoms with Crippen molar-refractivity contribution in [3.05, 3.63) is 44.7 Å². The molecule has 0 spiro atoms. The molecular formula is C23H33N2O+. The van der Waals surface area contributed by atoms with Gasteiger partial charge in [0.1, 0.15) is 6.54 Å². The number of hydrogen-bond acceptors (Lipinski definition) is 1. The second kappa shape index (κ2) is 5.69. The van der Waals surface area contributed by atoms with Crippen LogP contribution in [0.5, 0.6) is 0 Å². The van der Waals surface area contributed by atoms with E-state index < -0.39 is 0 Å². The highest BCUT2D eigenvalue weighted by Gasteiger charge is 2.52. The Morgan fingerprint density at radius 2 is 1.81 bits per heavy atom. The standard InChI is InChI=1S/C23H32N2O/c1-14-7-8-15(2)20-19(14)21(26)18(16(3)24-20)11-25-13-23(6)10-17(25)9-22(4,5)12-23/h7-8,17H,9-13H2,1-6H3,(H,24,26)/p+1/t17-,23+/m1/s1. The number of benzene rings is 1. The Morgan fingerprint density at radius 1 is 1.12 bits per heavy atom. The Balaban J connectivity index is 1.75. The van der Waals surface area contributed by atoms with Gasteiger partial charge < -0.3 is 9.88 Å². The molecule has 0 radical (unpaired) electrons. The molecule has 2 bridgehead atoms. The topological polar surface area (TPSA) is 37.3 Å². The van der Waals surface area contributed by atoms with Crippen LogP contribution in [0.2, 0.25) is 0 Å². The van der Waals surface area contributed by atoms with E-state index >= 15 is 0 Å². The average Bonchev–Trinajstić information content (AvgIpc) is 2.75. The van der Waals surface area contributed by atoms with Crippen LogP contribution in [0.15, 0.2) is 16.9 Å². The first kappa shape index (κ1) is 17.8. The van der Waals surface area contributed by atoms with Crippen LogP contribution in [0.25, 0.3) is 10.9 Å². The highest BCUT2D eigenvalue weighted by atomic mass is 16.1. The monoisotopic (exact) mass is 353 g/mol. The van der Waals surface area contributed by atoms with Crippen molar-refractivity contribution in [3.63, 3.8) is 0 Å². The van der Waals surface area contributed by atoms with Crippen molar-refractivity contribution in [2.45, 2.75) is 73.4 Å². The zero-order valence-electron chi connectivity index (χ0n) is 17.2. The summed E-state index contributed by atoms with van der Waals surface area (Å²) in [5.74, 6) is 0. The summed E-state index contributed by atoms with van der Waals surface area (Å²) in [6.45, 7) is 15.6. The molecule has 2 fully saturated rings. The molecular weight excluding hydrogens is 320 g/mol. The normalized spacial score (nSPS) is 30.1. The number of pyridine rings is 1. The zero-order valence-corrected chi connectivity index (χ0v) is 17.2. The number of aryl methyl sites for hydroxylation is 3. The third-order valence-corrected chi connectivity index (χ3v) is 6.97. The molecule has 2 aromatic rings. The third kappa shape index (κ3) is 2.81. The third-order valence-electron chi connectivity index (χ3n) is 6.97. The van der Waals surface area contributed by atoms with Crippen LogP contribution in [-0.4, -0.2) is 17.6 Å². The van der Waals surface area contributed by atoms with Gasteiger partial charge in [-0.3, -0.25) is 4.79 Å². The lowest BCUT2D eigenvalue weighted by Gasteiger charge is -2.37. The minimum Gasteiger partial charge on any atom is -0.358 e. The van der Waals surface area contributed by atoms with E-state index in [1.54, 1.807) is 4.90 Å². The summed E-state index contributed by atoms with van der Waals surface area (Å²) < 4.78 is 0. The highest BCUT2D eigenvalue weighted by molar-refractivity contribution is 5.85. The van der Waals surface area contributed by atoms with Crippen molar-refractivity contribution in [1.82, 2.24) is 4.98 Å². The molecule has 1 aromatic carbocycles. The first-order valence-electron chi connectivity index (χ1n) is 10.0. The summed E-state index contributed by atoms with van der Waals surface area (Å²) in [7, 11) is 0. The second-order valence-corrected chi connectivity index (χ2v) is 10.3. The number of fused-ring (bicyclic) bond motifs is 3. The zero-order chi connectivity index (χ0) is 18.9. The van der Waals surface area contributed by atoms with Crippen molar-refractivity contribution >= 4 is 10.9 Å². The molecule has 0 amide bonds. The Bertz CT molecular complexity index is 939. The smallest absolute Gasteiger partial charge is 0.198 e. The summed E-state index contributed by atoms with van der Waals surface area (Å²) in [5, 5.41) is 0.888. The van der Waals surface area contributed by atoms with Crippen LogP contribution < -0.4 is 10.3 Å². The van der Waals surface area contributed by atoms with Crippen LogP contribution in [-0.2, 0) is 6.54 Å². The van der Waals surface area contributed by atoms with E-state index in [9.17, 15) is 4.79 Å². The summed E-state index contributed by atoms with van der Waals surface area (Å²) in [4.78, 5) is 18.6. The number of aromatic nitrogens is 1. The fraction of sp³-hybridized carbons (Fsp3) is 0.609. The van der Waals surface area contributed by atoms with Gasteiger partial charge in [0.15, 0.2) is 5.43 Å².